The molecule has 0 saturated carbocycles. The van der Waals surface area contributed by atoms with E-state index in [1.807, 2.05) is 0 Å². The fourth-order valence-electron chi connectivity index (χ4n) is 2.29. The summed E-state index contributed by atoms with van der Waals surface area (Å²) in [7, 11) is 0. The molecule has 1 N–H and O–H groups in total. The minimum absolute atomic E-state index is 0.416. The van der Waals surface area contributed by atoms with E-state index in [1.54, 1.807) is 0 Å². The molecule has 1 aromatic rings. The Labute approximate surface area is 98.6 Å². The Balaban J connectivity index is 1.88. The summed E-state index contributed by atoms with van der Waals surface area (Å²) in [5.41, 5.74) is 4.98. The molecule has 0 aliphatic carbocycles. The Morgan fingerprint density at radius 2 is 1.62 bits per heavy atom. The van der Waals surface area contributed by atoms with Crippen molar-refractivity contribution in [2.24, 2.45) is 0 Å². The number of benzene rings is 1. The highest BCUT2D eigenvalue weighted by molar-refractivity contribution is 5.17. The van der Waals surface area contributed by atoms with Crippen molar-refractivity contribution in [3.05, 3.63) is 35.9 Å². The maximum absolute atomic E-state index is 3.61. The molecule has 2 nitrogen and oxygen atoms in total. The first kappa shape index (κ1) is 11.6. The molecule has 2 rings (SSSR count). The fourth-order valence-corrected chi connectivity index (χ4v) is 2.29. The lowest BCUT2D eigenvalue weighted by Gasteiger charge is -2.26. The predicted molar refractivity (Wildman–Crippen MR) is 68.0 cm³/mol. The molecule has 1 fully saturated rings. The molecule has 1 aliphatic rings. The van der Waals surface area contributed by atoms with Crippen LogP contribution < -0.4 is 5.43 Å². The van der Waals surface area contributed by atoms with Crippen LogP contribution in [0.4, 0.5) is 0 Å². The zero-order valence-electron chi connectivity index (χ0n) is 10.2. The molecule has 1 aromatic carbocycles. The number of hydrogen-bond donors (Lipinski definition) is 1. The van der Waals surface area contributed by atoms with Crippen molar-refractivity contribution in [3.8, 4) is 0 Å². The van der Waals surface area contributed by atoms with Crippen molar-refractivity contribution < 1.29 is 0 Å². The first-order valence-electron chi connectivity index (χ1n) is 6.42. The summed E-state index contributed by atoms with van der Waals surface area (Å²) in [6, 6.07) is 11.1. The Morgan fingerprint density at radius 3 is 2.25 bits per heavy atom. The summed E-state index contributed by atoms with van der Waals surface area (Å²) in [5.74, 6) is 0. The van der Waals surface area contributed by atoms with Gasteiger partial charge in [0.1, 0.15) is 0 Å². The van der Waals surface area contributed by atoms with Crippen molar-refractivity contribution in [1.82, 2.24) is 10.4 Å². The van der Waals surface area contributed by atoms with Crippen LogP contribution in [0.15, 0.2) is 30.3 Å². The molecule has 0 spiro atoms. The van der Waals surface area contributed by atoms with Crippen molar-refractivity contribution in [1.29, 1.82) is 0 Å². The number of rotatable bonds is 3. The van der Waals surface area contributed by atoms with Crippen molar-refractivity contribution in [2.75, 3.05) is 13.1 Å². The lowest BCUT2D eigenvalue weighted by molar-refractivity contribution is 0.169. The first-order chi connectivity index (χ1) is 7.86. The number of nitrogens with zero attached hydrogens (tertiary/aromatic N) is 1. The van der Waals surface area contributed by atoms with E-state index in [0.717, 1.165) is 0 Å². The second-order valence-electron chi connectivity index (χ2n) is 4.66. The highest BCUT2D eigenvalue weighted by Gasteiger charge is 2.12. The van der Waals surface area contributed by atoms with Crippen molar-refractivity contribution >= 4 is 0 Å². The Kier molecular flexibility index (Phi) is 4.37. The van der Waals surface area contributed by atoms with Crippen LogP contribution in [0.1, 0.15) is 44.2 Å². The standard InChI is InChI=1S/C14H22N2/c1-13(14-9-5-4-6-10-14)15-16-11-7-2-3-8-12-16/h4-6,9-10,13,15H,2-3,7-8,11-12H2,1H3. The molecule has 0 radical (unpaired) electrons. The molecule has 0 aromatic heterocycles. The second kappa shape index (κ2) is 6.02. The van der Waals surface area contributed by atoms with Crippen LogP contribution >= 0.6 is 0 Å². The van der Waals surface area contributed by atoms with E-state index >= 15 is 0 Å². The van der Waals surface area contributed by atoms with Gasteiger partial charge in [-0.1, -0.05) is 43.2 Å². The first-order valence-corrected chi connectivity index (χ1v) is 6.42. The zero-order valence-corrected chi connectivity index (χ0v) is 10.2. The van der Waals surface area contributed by atoms with Gasteiger partial charge in [0.05, 0.1) is 0 Å². The van der Waals surface area contributed by atoms with Crippen LogP contribution in [-0.2, 0) is 0 Å². The SMILES string of the molecule is CC(NN1CCCCCC1)c1ccccc1. The van der Waals surface area contributed by atoms with E-state index < -0.39 is 0 Å². The van der Waals surface area contributed by atoms with Crippen LogP contribution in [0.2, 0.25) is 0 Å². The molecule has 1 unspecified atom stereocenters. The molecule has 1 aliphatic heterocycles. The van der Waals surface area contributed by atoms with Gasteiger partial charge in [-0.25, -0.2) is 10.4 Å². The van der Waals surface area contributed by atoms with Gasteiger partial charge in [-0.05, 0) is 25.3 Å². The van der Waals surface area contributed by atoms with Crippen molar-refractivity contribution in [3.63, 3.8) is 0 Å². The Bertz CT molecular complexity index is 289. The summed E-state index contributed by atoms with van der Waals surface area (Å²) in [4.78, 5) is 0. The van der Waals surface area contributed by atoms with Gasteiger partial charge >= 0.3 is 0 Å². The third-order valence-corrected chi connectivity index (χ3v) is 3.28. The quantitative estimate of drug-likeness (QED) is 0.838. The lowest BCUT2D eigenvalue weighted by Crippen LogP contribution is -2.40. The van der Waals surface area contributed by atoms with Crippen molar-refractivity contribution in [2.45, 2.75) is 38.6 Å². The molecular formula is C14H22N2. The molecule has 0 amide bonds. The highest BCUT2D eigenvalue weighted by Crippen LogP contribution is 2.14. The maximum atomic E-state index is 3.61. The lowest BCUT2D eigenvalue weighted by atomic mass is 10.1. The zero-order chi connectivity index (χ0) is 11.2. The molecule has 0 bridgehead atoms. The minimum atomic E-state index is 0.416. The summed E-state index contributed by atoms with van der Waals surface area (Å²) in [6.07, 6.45) is 5.43. The number of hydrogen-bond acceptors (Lipinski definition) is 2. The molecule has 16 heavy (non-hydrogen) atoms. The Morgan fingerprint density at radius 1 is 1.00 bits per heavy atom. The third kappa shape index (κ3) is 3.32. The monoisotopic (exact) mass is 218 g/mol. The minimum Gasteiger partial charge on any atom is -0.248 e. The number of hydrazine groups is 1. The number of nitrogens with one attached hydrogen (secondary N) is 1. The molecule has 2 heteroatoms. The summed E-state index contributed by atoms with van der Waals surface area (Å²) in [6.45, 7) is 4.62. The predicted octanol–water partition coefficient (Wildman–Crippen LogP) is 3.13. The average molecular weight is 218 g/mol. The van der Waals surface area contributed by atoms with E-state index in [4.69, 9.17) is 0 Å². The summed E-state index contributed by atoms with van der Waals surface area (Å²) in [5, 5.41) is 2.39. The van der Waals surface area contributed by atoms with Crippen LogP contribution in [0, 0.1) is 0 Å². The summed E-state index contributed by atoms with van der Waals surface area (Å²) < 4.78 is 0. The van der Waals surface area contributed by atoms with Crippen LogP contribution in [0.25, 0.3) is 0 Å². The van der Waals surface area contributed by atoms with Gasteiger partial charge in [0, 0.05) is 19.1 Å². The molecule has 1 atom stereocenters. The third-order valence-electron chi connectivity index (χ3n) is 3.28. The maximum Gasteiger partial charge on any atom is 0.0436 e. The molecular weight excluding hydrogens is 196 g/mol. The van der Waals surface area contributed by atoms with Crippen LogP contribution in [0.3, 0.4) is 0 Å². The van der Waals surface area contributed by atoms with Gasteiger partial charge in [-0.2, -0.15) is 0 Å². The summed E-state index contributed by atoms with van der Waals surface area (Å²) >= 11 is 0. The topological polar surface area (TPSA) is 15.3 Å². The van der Waals surface area contributed by atoms with E-state index in [-0.39, 0.29) is 0 Å². The van der Waals surface area contributed by atoms with Crippen LogP contribution in [0.5, 0.6) is 0 Å². The fraction of sp³-hybridized carbons (Fsp3) is 0.571. The van der Waals surface area contributed by atoms with Gasteiger partial charge in [0.25, 0.3) is 0 Å². The molecule has 88 valence electrons. The van der Waals surface area contributed by atoms with Gasteiger partial charge < -0.3 is 0 Å². The van der Waals surface area contributed by atoms with E-state index in [0.29, 0.717) is 6.04 Å². The Hall–Kier alpha value is -0.860. The average Bonchev–Trinajstić information content (AvgIpc) is 2.59. The smallest absolute Gasteiger partial charge is 0.0436 e. The molecule has 1 heterocycles. The second-order valence-corrected chi connectivity index (χ2v) is 4.66. The van der Waals surface area contributed by atoms with Gasteiger partial charge in [-0.3, -0.25) is 0 Å². The highest BCUT2D eigenvalue weighted by atomic mass is 15.5. The normalized spacial score (nSPS) is 20.3. The van der Waals surface area contributed by atoms with E-state index in [2.05, 4.69) is 47.7 Å². The van der Waals surface area contributed by atoms with Gasteiger partial charge in [0.15, 0.2) is 0 Å². The van der Waals surface area contributed by atoms with E-state index in [9.17, 15) is 0 Å². The van der Waals surface area contributed by atoms with Gasteiger partial charge in [-0.15, -0.1) is 0 Å². The van der Waals surface area contributed by atoms with Crippen LogP contribution in [-0.4, -0.2) is 18.1 Å². The van der Waals surface area contributed by atoms with E-state index in [1.165, 1.54) is 44.3 Å². The van der Waals surface area contributed by atoms with Gasteiger partial charge in [0.2, 0.25) is 0 Å². The largest absolute Gasteiger partial charge is 0.248 e. The molecule has 1 saturated heterocycles.